The highest BCUT2D eigenvalue weighted by molar-refractivity contribution is 5.79. The molecule has 3 rings (SSSR count). The Kier molecular flexibility index (Phi) is 15.8. The Morgan fingerprint density at radius 2 is 1.12 bits per heavy atom. The average Bonchev–Trinajstić information content (AvgIpc) is 3.11. The van der Waals surface area contributed by atoms with Gasteiger partial charge in [0.1, 0.15) is 0 Å². The van der Waals surface area contributed by atoms with Crippen LogP contribution in [0.1, 0.15) is 52.2 Å². The van der Waals surface area contributed by atoms with E-state index in [2.05, 4.69) is 86.6 Å². The van der Waals surface area contributed by atoms with Crippen molar-refractivity contribution in [2.75, 3.05) is 68.8 Å². The van der Waals surface area contributed by atoms with Crippen molar-refractivity contribution >= 4 is 11.1 Å². The van der Waals surface area contributed by atoms with Crippen molar-refractivity contribution in [2.24, 2.45) is 0 Å². The van der Waals surface area contributed by atoms with Crippen LogP contribution < -0.4 is 28.4 Å². The van der Waals surface area contributed by atoms with Crippen LogP contribution in [-0.4, -0.2) is 90.7 Å². The topological polar surface area (TPSA) is 61.9 Å². The van der Waals surface area contributed by atoms with Crippen LogP contribution in [0.25, 0.3) is 11.1 Å². The van der Waals surface area contributed by atoms with Crippen LogP contribution in [0.5, 0.6) is 34.5 Å². The summed E-state index contributed by atoms with van der Waals surface area (Å²) in [6.07, 6.45) is 16.2. The molecule has 50 heavy (non-hydrogen) atoms. The van der Waals surface area contributed by atoms with Gasteiger partial charge < -0.3 is 28.4 Å². The van der Waals surface area contributed by atoms with Crippen molar-refractivity contribution in [1.29, 1.82) is 0 Å². The molecule has 272 valence electrons. The van der Waals surface area contributed by atoms with Gasteiger partial charge in [0.25, 0.3) is 0 Å². The third-order valence-corrected chi connectivity index (χ3v) is 8.87. The largest absolute Gasteiger partial charge is 0.493 e. The first-order chi connectivity index (χ1) is 24.1. The highest BCUT2D eigenvalue weighted by Crippen LogP contribution is 2.41. The van der Waals surface area contributed by atoms with E-state index >= 15 is 0 Å². The van der Waals surface area contributed by atoms with E-state index in [-0.39, 0.29) is 0 Å². The summed E-state index contributed by atoms with van der Waals surface area (Å²) < 4.78 is 33.6. The fourth-order valence-corrected chi connectivity index (χ4v) is 6.60. The molecule has 0 amide bonds. The monoisotopic (exact) mass is 686 g/mol. The summed E-state index contributed by atoms with van der Waals surface area (Å²) in [5.41, 5.74) is 6.36. The van der Waals surface area contributed by atoms with Crippen molar-refractivity contribution in [2.45, 2.75) is 53.1 Å². The third-order valence-electron chi connectivity index (χ3n) is 8.87. The Balaban J connectivity index is 1.84. The highest BCUT2D eigenvalue weighted by Gasteiger charge is 2.30. The molecule has 2 atom stereocenters. The van der Waals surface area contributed by atoms with E-state index in [0.717, 1.165) is 54.9 Å². The average molecular weight is 687 g/mol. The Bertz CT molecular complexity index is 1540. The van der Waals surface area contributed by atoms with Crippen LogP contribution in [0, 0.1) is 0 Å². The number of benzene rings is 2. The highest BCUT2D eigenvalue weighted by atomic mass is 16.5. The van der Waals surface area contributed by atoms with E-state index in [9.17, 15) is 0 Å². The van der Waals surface area contributed by atoms with Gasteiger partial charge in [0.15, 0.2) is 23.0 Å². The van der Waals surface area contributed by atoms with E-state index in [1.165, 1.54) is 11.1 Å². The molecule has 1 aliphatic heterocycles. The van der Waals surface area contributed by atoms with Gasteiger partial charge in [-0.1, -0.05) is 56.0 Å². The molecule has 2 aromatic carbocycles. The summed E-state index contributed by atoms with van der Waals surface area (Å²) in [4.78, 5) is 5.15. The van der Waals surface area contributed by atoms with Gasteiger partial charge in [-0.3, -0.25) is 9.80 Å². The van der Waals surface area contributed by atoms with E-state index in [1.54, 1.807) is 42.7 Å². The van der Waals surface area contributed by atoms with Crippen LogP contribution in [0.4, 0.5) is 0 Å². The van der Waals surface area contributed by atoms with E-state index in [0.29, 0.717) is 46.6 Å². The van der Waals surface area contributed by atoms with Gasteiger partial charge in [0.05, 0.1) is 42.7 Å². The first-order valence-electron chi connectivity index (χ1n) is 17.3. The lowest BCUT2D eigenvalue weighted by molar-refractivity contribution is 0.0523. The number of allylic oxidation sites excluding steroid dienone is 7. The van der Waals surface area contributed by atoms with Crippen LogP contribution in [0.3, 0.4) is 0 Å². The number of nitrogens with zero attached hydrogens (tertiary/aromatic N) is 2. The molecule has 1 heterocycles. The molecule has 0 aliphatic carbocycles. The van der Waals surface area contributed by atoms with Crippen molar-refractivity contribution < 1.29 is 28.4 Å². The predicted molar refractivity (Wildman–Crippen MR) is 207 cm³/mol. The van der Waals surface area contributed by atoms with Gasteiger partial charge in [-0.05, 0) is 91.8 Å². The molecule has 0 bridgehead atoms. The van der Waals surface area contributed by atoms with Crippen molar-refractivity contribution in [3.8, 4) is 34.5 Å². The van der Waals surface area contributed by atoms with Crippen LogP contribution in [-0.2, 0) is 0 Å². The molecule has 2 aromatic rings. The van der Waals surface area contributed by atoms with Crippen molar-refractivity contribution in [3.63, 3.8) is 0 Å². The lowest BCUT2D eigenvalue weighted by Crippen LogP contribution is -2.57. The fourth-order valence-electron chi connectivity index (χ4n) is 6.60. The van der Waals surface area contributed by atoms with E-state index < -0.39 is 0 Å². The summed E-state index contributed by atoms with van der Waals surface area (Å²) in [5.74, 6) is 3.65. The summed E-state index contributed by atoms with van der Waals surface area (Å²) in [5, 5.41) is 0. The molecule has 0 spiro atoms. The Hall–Kier alpha value is -4.40. The van der Waals surface area contributed by atoms with Gasteiger partial charge >= 0.3 is 0 Å². The molecule has 1 saturated heterocycles. The second-order valence-corrected chi connectivity index (χ2v) is 12.4. The van der Waals surface area contributed by atoms with Crippen LogP contribution in [0.15, 0.2) is 84.5 Å². The molecule has 1 fully saturated rings. The zero-order valence-electron chi connectivity index (χ0n) is 32.1. The third kappa shape index (κ3) is 10.1. The number of rotatable bonds is 17. The number of piperazine rings is 1. The summed E-state index contributed by atoms with van der Waals surface area (Å²) >= 11 is 0. The first kappa shape index (κ1) is 40.0. The molecule has 8 heteroatoms. The molecular formula is C42H58N2O6. The Morgan fingerprint density at radius 3 is 1.52 bits per heavy atom. The minimum absolute atomic E-state index is 0.345. The van der Waals surface area contributed by atoms with Crippen LogP contribution >= 0.6 is 0 Å². The van der Waals surface area contributed by atoms with Gasteiger partial charge in [-0.15, -0.1) is 0 Å². The van der Waals surface area contributed by atoms with Gasteiger partial charge in [0, 0.05) is 38.3 Å². The fraction of sp³-hybridized carbons (Fsp3) is 0.429. The SMILES string of the molecule is C=C(/C=C(\C=C/C)CN1CC(C)N(CC(/C=C\C)=C/C(=C/CC)c2cc(OC)c(OC)c(OC)c2)C(C)C1)c1cc(OC)c(OC)c(OC)c1. The quantitative estimate of drug-likeness (QED) is 0.153. The normalized spacial score (nSPS) is 18.1. The van der Waals surface area contributed by atoms with E-state index in [1.807, 2.05) is 31.2 Å². The maximum Gasteiger partial charge on any atom is 0.203 e. The molecule has 2 unspecified atom stereocenters. The lowest BCUT2D eigenvalue weighted by Gasteiger charge is -2.45. The molecule has 0 aromatic heterocycles. The molecule has 0 N–H and O–H groups in total. The van der Waals surface area contributed by atoms with E-state index in [4.69, 9.17) is 28.4 Å². The number of hydrogen-bond acceptors (Lipinski definition) is 8. The van der Waals surface area contributed by atoms with Gasteiger partial charge in [-0.25, -0.2) is 0 Å². The zero-order chi connectivity index (χ0) is 36.8. The van der Waals surface area contributed by atoms with Gasteiger partial charge in [-0.2, -0.15) is 0 Å². The van der Waals surface area contributed by atoms with Crippen molar-refractivity contribution in [3.05, 3.63) is 95.6 Å². The Morgan fingerprint density at radius 1 is 0.680 bits per heavy atom. The van der Waals surface area contributed by atoms with Gasteiger partial charge in [0.2, 0.25) is 11.5 Å². The minimum atomic E-state index is 0.345. The Labute approximate surface area is 300 Å². The standard InChI is InChI=1S/C42H58N2O6/c1-13-16-32(19-29(4)35-21-37(45-7)41(49-11)38(22-35)46-8)27-43-25-30(5)44(31(6)26-43)28-33(17-14-2)20-34(18-15-3)36-23-39(47-9)42(50-12)40(24-36)48-10/h13-14,16-24,30-31H,4,15,25-28H2,1-3,5-12H3/b16-13-,17-14-,32-19+,33-20+,34-18-. The lowest BCUT2D eigenvalue weighted by atomic mass is 9.98. The molecular weight excluding hydrogens is 628 g/mol. The second kappa shape index (κ2) is 19.7. The van der Waals surface area contributed by atoms with Crippen molar-refractivity contribution in [1.82, 2.24) is 9.80 Å². The maximum absolute atomic E-state index is 5.67. The molecule has 8 nitrogen and oxygen atoms in total. The zero-order valence-corrected chi connectivity index (χ0v) is 32.1. The number of hydrogen-bond donors (Lipinski definition) is 0. The second-order valence-electron chi connectivity index (χ2n) is 12.4. The first-order valence-corrected chi connectivity index (χ1v) is 17.3. The van der Waals surface area contributed by atoms with Crippen LogP contribution in [0.2, 0.25) is 0 Å². The molecule has 0 radical (unpaired) electrons. The summed E-state index contributed by atoms with van der Waals surface area (Å²) in [6, 6.07) is 8.60. The smallest absolute Gasteiger partial charge is 0.203 e. The summed E-state index contributed by atoms with van der Waals surface area (Å²) in [6.45, 7) is 18.9. The summed E-state index contributed by atoms with van der Waals surface area (Å²) in [7, 11) is 9.79. The molecule has 1 aliphatic rings. The maximum atomic E-state index is 5.67. The molecule has 0 saturated carbocycles. The minimum Gasteiger partial charge on any atom is -0.493 e. The number of ether oxygens (including phenoxy) is 6. The number of methoxy groups -OCH3 is 6. The predicted octanol–water partition coefficient (Wildman–Crippen LogP) is 8.64.